The number of hydrogen-bond acceptors (Lipinski definition) is 11. The van der Waals surface area contributed by atoms with Gasteiger partial charge < -0.3 is 9.72 Å². The minimum atomic E-state index is -1.16. The number of allylic oxidation sites excluding steroid dienone is 1. The molecule has 9 rings (SSSR count). The normalized spacial score (nSPS) is 14.2. The van der Waals surface area contributed by atoms with Crippen molar-refractivity contribution in [2.75, 3.05) is 13.7 Å². The van der Waals surface area contributed by atoms with Crippen molar-refractivity contribution in [3.05, 3.63) is 105 Å². The molecule has 0 radical (unpaired) electrons. The minimum Gasteiger partial charge on any atom is -0.385 e. The second-order valence-corrected chi connectivity index (χ2v) is 12.3. The van der Waals surface area contributed by atoms with Gasteiger partial charge in [0.05, 0.1) is 40.9 Å². The second kappa shape index (κ2) is 12.3. The first kappa shape index (κ1) is 31.3. The lowest BCUT2D eigenvalue weighted by molar-refractivity contribution is 0.190. The highest BCUT2D eigenvalue weighted by Crippen LogP contribution is 2.25. The highest BCUT2D eigenvalue weighted by Gasteiger charge is 2.25. The Morgan fingerprint density at radius 2 is 1.75 bits per heavy atom. The Morgan fingerprint density at radius 3 is 2.63 bits per heavy atom. The Balaban J connectivity index is 1.17. The van der Waals surface area contributed by atoms with E-state index >= 15 is 0 Å². The van der Waals surface area contributed by atoms with Crippen LogP contribution in [0.4, 0.5) is 4.39 Å². The Labute approximate surface area is 291 Å². The molecule has 8 aromatic rings. The number of hydrogen-bond donors (Lipinski definition) is 1. The number of fused-ring (bicyclic) bond motifs is 4. The van der Waals surface area contributed by atoms with Gasteiger partial charge in [-0.15, -0.1) is 0 Å². The van der Waals surface area contributed by atoms with E-state index < -0.39 is 17.6 Å². The van der Waals surface area contributed by atoms with E-state index in [9.17, 15) is 14.0 Å². The van der Waals surface area contributed by atoms with Crippen molar-refractivity contribution in [3.63, 3.8) is 0 Å². The molecule has 0 saturated heterocycles. The summed E-state index contributed by atoms with van der Waals surface area (Å²) in [5, 5.41) is 0. The molecular formula is C34H29FN14O3. The summed E-state index contributed by atoms with van der Waals surface area (Å²) in [4.78, 5) is 67.5. The van der Waals surface area contributed by atoms with Crippen molar-refractivity contribution >= 4 is 39.4 Å². The molecule has 1 aliphatic carbocycles. The maximum atomic E-state index is 14.3. The van der Waals surface area contributed by atoms with Crippen LogP contribution >= 0.6 is 0 Å². The molecule has 1 N–H and O–H groups in total. The van der Waals surface area contributed by atoms with Crippen LogP contribution in [0.5, 0.6) is 0 Å². The van der Waals surface area contributed by atoms with E-state index in [0.717, 1.165) is 11.0 Å². The molecule has 17 nitrogen and oxygen atoms in total. The van der Waals surface area contributed by atoms with E-state index in [1.807, 2.05) is 24.3 Å². The van der Waals surface area contributed by atoms with Gasteiger partial charge >= 0.3 is 11.4 Å². The highest BCUT2D eigenvalue weighted by molar-refractivity contribution is 5.78. The number of H-pyrrole nitrogens is 1. The number of methoxy groups -OCH3 is 1. The fraction of sp³-hybridized carbons (Fsp3) is 0.235. The number of aryl methyl sites for hydroxylation is 2. The van der Waals surface area contributed by atoms with Gasteiger partial charge in [-0.05, 0) is 37.6 Å². The molecule has 1 aliphatic rings. The predicted molar refractivity (Wildman–Crippen MR) is 187 cm³/mol. The lowest BCUT2D eigenvalue weighted by Crippen LogP contribution is -2.26. The average molecular weight is 701 g/mol. The second-order valence-electron chi connectivity index (χ2n) is 12.3. The molecule has 260 valence electrons. The number of para-hydroxylation sites is 2. The quantitative estimate of drug-likeness (QED) is 0.218. The van der Waals surface area contributed by atoms with Gasteiger partial charge in [0.15, 0.2) is 17.1 Å². The van der Waals surface area contributed by atoms with Crippen LogP contribution in [0.15, 0.2) is 71.2 Å². The van der Waals surface area contributed by atoms with Gasteiger partial charge in [-0.25, -0.2) is 43.5 Å². The van der Waals surface area contributed by atoms with Crippen molar-refractivity contribution in [1.29, 1.82) is 0 Å². The molecule has 1 atom stereocenters. The molecule has 0 spiro atoms. The summed E-state index contributed by atoms with van der Waals surface area (Å²) in [5.41, 5.74) is 4.30. The number of benzene rings is 1. The monoisotopic (exact) mass is 700 g/mol. The topological polar surface area (TPSA) is 187 Å². The number of aromatic amines is 1. The summed E-state index contributed by atoms with van der Waals surface area (Å²) in [5.74, 6) is 0.776. The number of nitrogens with one attached hydrogen (secondary N) is 1. The summed E-state index contributed by atoms with van der Waals surface area (Å²) in [6.07, 6.45) is 10.3. The van der Waals surface area contributed by atoms with Gasteiger partial charge in [0.2, 0.25) is 11.9 Å². The van der Waals surface area contributed by atoms with Gasteiger partial charge in [0.25, 0.3) is 0 Å². The molecule has 0 fully saturated rings. The Hall–Kier alpha value is -6.69. The third-order valence-electron chi connectivity index (χ3n) is 9.08. The van der Waals surface area contributed by atoms with Crippen LogP contribution in [0.2, 0.25) is 0 Å². The zero-order chi connectivity index (χ0) is 35.5. The molecule has 0 saturated carbocycles. The summed E-state index contributed by atoms with van der Waals surface area (Å²) in [6.45, 7) is 2.39. The number of alkyl halides is 1. The van der Waals surface area contributed by atoms with Crippen molar-refractivity contribution in [1.82, 2.24) is 67.7 Å². The molecule has 1 unspecified atom stereocenters. The molecule has 0 aliphatic heterocycles. The minimum absolute atomic E-state index is 0.0992. The summed E-state index contributed by atoms with van der Waals surface area (Å²) in [6, 6.07) is 7.62. The van der Waals surface area contributed by atoms with Crippen molar-refractivity contribution in [3.8, 4) is 17.7 Å². The van der Waals surface area contributed by atoms with Crippen molar-refractivity contribution in [2.45, 2.75) is 39.0 Å². The van der Waals surface area contributed by atoms with Crippen LogP contribution < -0.4 is 11.4 Å². The SMILES string of the molecule is COCCCn1c(=O)n(-c2nccnc2Cn2c(=O)[nH]c3c(C)nc(-n4cnc5c4CC(F)C=C5)nc32)c2cnc(-n3cnc4ccccc43)nc21. The van der Waals surface area contributed by atoms with E-state index in [4.69, 9.17) is 14.7 Å². The lowest BCUT2D eigenvalue weighted by atomic mass is 10.1. The van der Waals surface area contributed by atoms with E-state index in [-0.39, 0.29) is 24.7 Å². The highest BCUT2D eigenvalue weighted by atomic mass is 19.1. The molecule has 52 heavy (non-hydrogen) atoms. The molecule has 1 aromatic carbocycles. The lowest BCUT2D eigenvalue weighted by Gasteiger charge is -2.13. The number of imidazole rings is 4. The van der Waals surface area contributed by atoms with Gasteiger partial charge in [-0.3, -0.25) is 23.3 Å². The van der Waals surface area contributed by atoms with Crippen LogP contribution in [-0.2, 0) is 24.2 Å². The molecule has 7 aromatic heterocycles. The zero-order valence-electron chi connectivity index (χ0n) is 27.9. The van der Waals surface area contributed by atoms with E-state index in [1.165, 1.54) is 27.6 Å². The van der Waals surface area contributed by atoms with Gasteiger partial charge in [-0.2, -0.15) is 9.97 Å². The molecule has 7 heterocycles. The average Bonchev–Trinajstić information content (AvgIpc) is 3.91. The maximum absolute atomic E-state index is 14.3. The standard InChI is InChI=1S/C34H29FN14O3/c1-19-27-30(44-32(41-19)48-18-40-22-9-8-20(35)14-25(22)48)46(33(50)42-27)16-23-28(37-11-10-36-23)49-26-15-38-31(47-17-39-21-6-3-4-7-24(21)47)43-29(26)45(34(49)51)12-5-13-52-2/h3-4,6-11,15,17-18,20H,5,12-14,16H2,1-2H3,(H,42,50). The first-order valence-electron chi connectivity index (χ1n) is 16.5. The van der Waals surface area contributed by atoms with Gasteiger partial charge in [-0.1, -0.05) is 12.1 Å². The van der Waals surface area contributed by atoms with Crippen LogP contribution in [0.1, 0.15) is 29.2 Å². The number of ether oxygens (including phenoxy) is 1. The smallest absolute Gasteiger partial charge is 0.336 e. The van der Waals surface area contributed by atoms with E-state index in [1.54, 1.807) is 52.7 Å². The first-order valence-corrected chi connectivity index (χ1v) is 16.5. The Bertz CT molecular complexity index is 2820. The zero-order valence-corrected chi connectivity index (χ0v) is 27.9. The molecular weight excluding hydrogens is 671 g/mol. The van der Waals surface area contributed by atoms with Crippen molar-refractivity contribution in [2.24, 2.45) is 0 Å². The largest absolute Gasteiger partial charge is 0.385 e. The van der Waals surface area contributed by atoms with Gasteiger partial charge in [0, 0.05) is 39.1 Å². The van der Waals surface area contributed by atoms with Crippen LogP contribution in [-0.4, -0.2) is 87.6 Å². The van der Waals surface area contributed by atoms with E-state index in [0.29, 0.717) is 70.6 Å². The summed E-state index contributed by atoms with van der Waals surface area (Å²) in [7, 11) is 1.60. The summed E-state index contributed by atoms with van der Waals surface area (Å²) < 4.78 is 27.4. The van der Waals surface area contributed by atoms with Crippen LogP contribution in [0.25, 0.3) is 57.2 Å². The number of rotatable bonds is 9. The predicted octanol–water partition coefficient (Wildman–Crippen LogP) is 2.63. The van der Waals surface area contributed by atoms with Crippen molar-refractivity contribution < 1.29 is 9.13 Å². The third-order valence-corrected chi connectivity index (χ3v) is 9.08. The number of aromatic nitrogens is 14. The first-order chi connectivity index (χ1) is 25.4. The fourth-order valence-electron chi connectivity index (χ4n) is 6.60. The Morgan fingerprint density at radius 1 is 0.923 bits per heavy atom. The fourth-order valence-corrected chi connectivity index (χ4v) is 6.60. The summed E-state index contributed by atoms with van der Waals surface area (Å²) >= 11 is 0. The van der Waals surface area contributed by atoms with Crippen LogP contribution in [0.3, 0.4) is 0 Å². The van der Waals surface area contributed by atoms with E-state index in [2.05, 4.69) is 34.9 Å². The third kappa shape index (κ3) is 5.02. The van der Waals surface area contributed by atoms with Crippen LogP contribution in [0, 0.1) is 6.92 Å². The maximum Gasteiger partial charge on any atom is 0.336 e. The molecule has 0 bridgehead atoms. The molecule has 18 heteroatoms. The van der Waals surface area contributed by atoms with Gasteiger partial charge in [0.1, 0.15) is 35.6 Å². The number of nitrogens with zero attached hydrogens (tertiary/aromatic N) is 13. The number of halogens is 1. The molecule has 0 amide bonds. The Kier molecular flexibility index (Phi) is 7.38.